The number of fused-ring (bicyclic) bond motifs is 1. The predicted molar refractivity (Wildman–Crippen MR) is 98.0 cm³/mol. The maximum atomic E-state index is 4.36. The van der Waals surface area contributed by atoms with Gasteiger partial charge < -0.3 is 5.32 Å². The van der Waals surface area contributed by atoms with E-state index in [1.165, 1.54) is 0 Å². The molecule has 1 N–H and O–H groups in total. The summed E-state index contributed by atoms with van der Waals surface area (Å²) in [5, 5.41) is 7.71. The molecule has 0 fully saturated rings. The van der Waals surface area contributed by atoms with Gasteiger partial charge >= 0.3 is 0 Å². The van der Waals surface area contributed by atoms with E-state index in [0.29, 0.717) is 0 Å². The Kier molecular flexibility index (Phi) is 3.79. The van der Waals surface area contributed by atoms with Crippen LogP contribution in [0.3, 0.4) is 0 Å². The van der Waals surface area contributed by atoms with Crippen LogP contribution in [0.1, 0.15) is 17.2 Å². The van der Waals surface area contributed by atoms with Crippen LogP contribution in [0.2, 0.25) is 0 Å². The predicted octanol–water partition coefficient (Wildman–Crippen LogP) is 4.86. The molecule has 2 heterocycles. The van der Waals surface area contributed by atoms with Crippen LogP contribution in [0.5, 0.6) is 0 Å². The lowest BCUT2D eigenvalue weighted by Crippen LogP contribution is -2.20. The largest absolute Gasteiger partial charge is 0.324 e. The average molecular weight is 432 g/mol. The van der Waals surface area contributed by atoms with E-state index >= 15 is 0 Å². The second-order valence-corrected chi connectivity index (χ2v) is 7.07. The monoisotopic (exact) mass is 430 g/mol. The van der Waals surface area contributed by atoms with Gasteiger partial charge in [-0.1, -0.05) is 56.1 Å². The van der Waals surface area contributed by atoms with E-state index < -0.39 is 0 Å². The summed E-state index contributed by atoms with van der Waals surface area (Å²) in [6.07, 6.45) is 3.75. The zero-order chi connectivity index (χ0) is 15.8. The van der Waals surface area contributed by atoms with Crippen molar-refractivity contribution >= 4 is 43.5 Å². The highest BCUT2D eigenvalue weighted by molar-refractivity contribution is 9.10. The van der Waals surface area contributed by atoms with Crippen LogP contribution in [0, 0.1) is 0 Å². The number of hydrogen-bond acceptors (Lipinski definition) is 3. The molecule has 0 bridgehead atoms. The van der Waals surface area contributed by atoms with E-state index in [4.69, 9.17) is 0 Å². The average Bonchev–Trinajstić information content (AvgIpc) is 3.03. The lowest BCUT2D eigenvalue weighted by Gasteiger charge is -2.24. The van der Waals surface area contributed by atoms with E-state index in [9.17, 15) is 0 Å². The second kappa shape index (κ2) is 5.94. The molecule has 0 spiro atoms. The zero-order valence-corrected chi connectivity index (χ0v) is 15.1. The summed E-state index contributed by atoms with van der Waals surface area (Å²) >= 11 is 7.01. The van der Waals surface area contributed by atoms with Gasteiger partial charge in [0.05, 0.1) is 0 Å². The minimum Gasteiger partial charge on any atom is -0.324 e. The Morgan fingerprint density at radius 1 is 1.00 bits per heavy atom. The molecule has 0 aliphatic carbocycles. The van der Waals surface area contributed by atoms with Crippen molar-refractivity contribution in [1.82, 2.24) is 14.8 Å². The molecule has 0 radical (unpaired) electrons. The normalized spacial score (nSPS) is 16.4. The number of nitrogens with zero attached hydrogens (tertiary/aromatic N) is 3. The van der Waals surface area contributed by atoms with Gasteiger partial charge in [0.15, 0.2) is 0 Å². The molecule has 114 valence electrons. The molecular weight excluding hydrogens is 420 g/mol. The molecule has 2 aromatic carbocycles. The van der Waals surface area contributed by atoms with Crippen molar-refractivity contribution in [3.05, 3.63) is 81.0 Å². The third kappa shape index (κ3) is 2.84. The lowest BCUT2D eigenvalue weighted by molar-refractivity contribution is 0.612. The summed E-state index contributed by atoms with van der Waals surface area (Å²) in [5.41, 5.74) is 3.30. The molecule has 0 unspecified atom stereocenters. The minimum absolute atomic E-state index is 0.0100. The minimum atomic E-state index is 0.0100. The maximum Gasteiger partial charge on any atom is 0.226 e. The number of benzene rings is 2. The fourth-order valence-electron chi connectivity index (χ4n) is 2.66. The molecule has 0 saturated carbocycles. The highest BCUT2D eigenvalue weighted by Crippen LogP contribution is 2.32. The van der Waals surface area contributed by atoms with Gasteiger partial charge in [-0.15, -0.1) is 0 Å². The first-order valence-electron chi connectivity index (χ1n) is 7.10. The van der Waals surface area contributed by atoms with Crippen LogP contribution >= 0.6 is 31.9 Å². The van der Waals surface area contributed by atoms with Gasteiger partial charge in [-0.2, -0.15) is 10.1 Å². The summed E-state index contributed by atoms with van der Waals surface area (Å²) in [5.74, 6) is 0.746. The van der Waals surface area contributed by atoms with Gasteiger partial charge in [0.1, 0.15) is 12.4 Å². The van der Waals surface area contributed by atoms with Gasteiger partial charge in [0.25, 0.3) is 0 Å². The Morgan fingerprint density at radius 3 is 2.61 bits per heavy atom. The fourth-order valence-corrected chi connectivity index (χ4v) is 3.32. The van der Waals surface area contributed by atoms with Crippen LogP contribution in [-0.4, -0.2) is 14.8 Å². The molecule has 0 saturated heterocycles. The van der Waals surface area contributed by atoms with Crippen molar-refractivity contribution in [2.24, 2.45) is 0 Å². The van der Waals surface area contributed by atoms with Gasteiger partial charge in [-0.05, 0) is 41.5 Å². The number of halogens is 2. The van der Waals surface area contributed by atoms with Crippen LogP contribution in [0.25, 0.3) is 5.70 Å². The third-order valence-corrected chi connectivity index (χ3v) is 4.78. The summed E-state index contributed by atoms with van der Waals surface area (Å²) < 4.78 is 4.00. The first-order valence-corrected chi connectivity index (χ1v) is 8.69. The number of aromatic nitrogens is 3. The Morgan fingerprint density at radius 2 is 1.83 bits per heavy atom. The van der Waals surface area contributed by atoms with Crippen molar-refractivity contribution in [3.63, 3.8) is 0 Å². The van der Waals surface area contributed by atoms with E-state index in [1.807, 2.05) is 28.9 Å². The highest BCUT2D eigenvalue weighted by atomic mass is 79.9. The van der Waals surface area contributed by atoms with Gasteiger partial charge in [-0.3, -0.25) is 0 Å². The molecule has 3 aromatic rings. The fraction of sp³-hybridized carbons (Fsp3) is 0.0588. The van der Waals surface area contributed by atoms with Crippen molar-refractivity contribution < 1.29 is 0 Å². The number of nitrogens with one attached hydrogen (secondary N) is 1. The third-order valence-electron chi connectivity index (χ3n) is 3.75. The van der Waals surface area contributed by atoms with Crippen LogP contribution < -0.4 is 5.32 Å². The molecule has 6 heteroatoms. The molecule has 1 aliphatic rings. The molecule has 4 rings (SSSR count). The van der Waals surface area contributed by atoms with Crippen molar-refractivity contribution in [1.29, 1.82) is 0 Å². The lowest BCUT2D eigenvalue weighted by atomic mass is 10.0. The van der Waals surface area contributed by atoms with Crippen LogP contribution in [0.15, 0.2) is 69.9 Å². The number of rotatable bonds is 2. The Hall–Kier alpha value is -1.92. The summed E-state index contributed by atoms with van der Waals surface area (Å²) in [4.78, 5) is 4.33. The molecule has 1 aromatic heterocycles. The van der Waals surface area contributed by atoms with E-state index in [-0.39, 0.29) is 6.04 Å². The van der Waals surface area contributed by atoms with E-state index in [0.717, 1.165) is 31.7 Å². The van der Waals surface area contributed by atoms with Gasteiger partial charge in [0.2, 0.25) is 5.95 Å². The molecular formula is C17H12Br2N4. The number of allylic oxidation sites excluding steroid dienone is 1. The van der Waals surface area contributed by atoms with Gasteiger partial charge in [0, 0.05) is 14.6 Å². The summed E-state index contributed by atoms with van der Waals surface area (Å²) in [7, 11) is 0. The first kappa shape index (κ1) is 14.7. The Bertz CT molecular complexity index is 884. The topological polar surface area (TPSA) is 42.7 Å². The van der Waals surface area contributed by atoms with Crippen molar-refractivity contribution in [2.75, 3.05) is 5.32 Å². The summed E-state index contributed by atoms with van der Waals surface area (Å²) in [6.45, 7) is 0. The summed E-state index contributed by atoms with van der Waals surface area (Å²) in [6, 6.07) is 16.5. The van der Waals surface area contributed by atoms with Crippen molar-refractivity contribution in [2.45, 2.75) is 6.04 Å². The van der Waals surface area contributed by atoms with E-state index in [1.54, 1.807) is 6.33 Å². The standard InChI is InChI=1S/C17H12Br2N4/c18-13-6-4-11(5-7-13)16-9-15(12-2-1-3-14(19)8-12)22-17-20-10-21-23(16)17/h1-10,16H,(H,20,21,22)/t16-/m0/s1. The Balaban J connectivity index is 1.81. The first-order chi connectivity index (χ1) is 11.2. The van der Waals surface area contributed by atoms with E-state index in [2.05, 4.69) is 77.6 Å². The SMILES string of the molecule is Brc1ccc([C@@H]2C=C(c3cccc(Br)c3)Nc3ncnn32)cc1. The molecule has 1 atom stereocenters. The van der Waals surface area contributed by atoms with Crippen LogP contribution in [0.4, 0.5) is 5.95 Å². The molecule has 1 aliphatic heterocycles. The molecule has 0 amide bonds. The molecule has 23 heavy (non-hydrogen) atoms. The van der Waals surface area contributed by atoms with Gasteiger partial charge in [-0.25, -0.2) is 4.68 Å². The quantitative estimate of drug-likeness (QED) is 0.630. The number of hydrogen-bond donors (Lipinski definition) is 1. The zero-order valence-electron chi connectivity index (χ0n) is 11.9. The Labute approximate surface area is 150 Å². The smallest absolute Gasteiger partial charge is 0.226 e. The number of anilines is 1. The maximum absolute atomic E-state index is 4.36. The van der Waals surface area contributed by atoms with Crippen LogP contribution in [-0.2, 0) is 0 Å². The highest BCUT2D eigenvalue weighted by Gasteiger charge is 2.23. The second-order valence-electron chi connectivity index (χ2n) is 5.24. The van der Waals surface area contributed by atoms with Crippen molar-refractivity contribution in [3.8, 4) is 0 Å². The molecule has 4 nitrogen and oxygen atoms in total.